The van der Waals surface area contributed by atoms with Gasteiger partial charge >= 0.3 is 0 Å². The Hall–Kier alpha value is -1.09. The van der Waals surface area contributed by atoms with Gasteiger partial charge in [-0.3, -0.25) is 0 Å². The van der Waals surface area contributed by atoms with E-state index in [4.69, 9.17) is 4.42 Å². The summed E-state index contributed by atoms with van der Waals surface area (Å²) in [6.07, 6.45) is 4.13. The van der Waals surface area contributed by atoms with E-state index in [-0.39, 0.29) is 11.7 Å². The van der Waals surface area contributed by atoms with Crippen LogP contribution in [0.25, 0.3) is 0 Å². The lowest BCUT2D eigenvalue weighted by Crippen LogP contribution is -2.06. The molecular weight excluding hydrogens is 271 g/mol. The van der Waals surface area contributed by atoms with Gasteiger partial charge in [0.1, 0.15) is 5.82 Å². The lowest BCUT2D eigenvalue weighted by Gasteiger charge is -2.14. The summed E-state index contributed by atoms with van der Waals surface area (Å²) in [5.74, 6) is -0.00533. The quantitative estimate of drug-likeness (QED) is 0.769. The number of hydrogen-bond acceptors (Lipinski definition) is 1. The van der Waals surface area contributed by atoms with Crippen LogP contribution in [0.1, 0.15) is 17.0 Å². The first-order valence-corrected chi connectivity index (χ1v) is 6.25. The molecule has 0 saturated heterocycles. The summed E-state index contributed by atoms with van der Waals surface area (Å²) in [6.45, 7) is 0. The van der Waals surface area contributed by atoms with E-state index in [1.807, 2.05) is 18.2 Å². The van der Waals surface area contributed by atoms with Crippen molar-refractivity contribution in [2.45, 2.75) is 12.3 Å². The predicted molar refractivity (Wildman–Crippen MR) is 65.3 cm³/mol. The molecule has 0 aliphatic carbocycles. The molecule has 0 N–H and O–H groups in total. The highest BCUT2D eigenvalue weighted by atomic mass is 79.9. The van der Waals surface area contributed by atoms with Crippen molar-refractivity contribution in [2.75, 3.05) is 5.33 Å². The van der Waals surface area contributed by atoms with E-state index in [0.717, 1.165) is 22.9 Å². The van der Waals surface area contributed by atoms with Gasteiger partial charge in [0.05, 0.1) is 12.5 Å². The first-order valence-electron chi connectivity index (χ1n) is 5.12. The second-order valence-corrected chi connectivity index (χ2v) is 4.36. The van der Waals surface area contributed by atoms with Crippen LogP contribution < -0.4 is 0 Å². The predicted octanol–water partition coefficient (Wildman–Crippen LogP) is 4.14. The largest absolute Gasteiger partial charge is 0.472 e. The van der Waals surface area contributed by atoms with Crippen LogP contribution in [0.15, 0.2) is 47.3 Å². The summed E-state index contributed by atoms with van der Waals surface area (Å²) < 4.78 is 18.6. The van der Waals surface area contributed by atoms with E-state index in [1.165, 1.54) is 6.07 Å². The molecule has 0 aliphatic heterocycles. The number of hydrogen-bond donors (Lipinski definition) is 0. The molecule has 3 heteroatoms. The summed E-state index contributed by atoms with van der Waals surface area (Å²) in [6, 6.07) is 8.82. The fourth-order valence-electron chi connectivity index (χ4n) is 1.75. The molecule has 1 aromatic heterocycles. The molecule has 2 rings (SSSR count). The standard InChI is InChI=1S/C13H12BrFO/c14-8-11(7-10-5-6-16-9-10)12-3-1-2-4-13(12)15/h1-6,9,11H,7-8H2. The Bertz CT molecular complexity index is 439. The van der Waals surface area contributed by atoms with E-state index in [0.29, 0.717) is 0 Å². The van der Waals surface area contributed by atoms with Gasteiger partial charge in [0.2, 0.25) is 0 Å². The molecule has 1 atom stereocenters. The van der Waals surface area contributed by atoms with Crippen LogP contribution in [0.4, 0.5) is 4.39 Å². The molecule has 0 fully saturated rings. The van der Waals surface area contributed by atoms with E-state index in [2.05, 4.69) is 15.9 Å². The first kappa shape index (κ1) is 11.4. The van der Waals surface area contributed by atoms with Crippen LogP contribution in [0.5, 0.6) is 0 Å². The highest BCUT2D eigenvalue weighted by molar-refractivity contribution is 9.09. The summed E-state index contributed by atoms with van der Waals surface area (Å²) in [7, 11) is 0. The molecule has 0 aliphatic rings. The average molecular weight is 283 g/mol. The second-order valence-electron chi connectivity index (χ2n) is 3.71. The van der Waals surface area contributed by atoms with Crippen LogP contribution in [0, 0.1) is 5.82 Å². The Labute approximate surface area is 102 Å². The monoisotopic (exact) mass is 282 g/mol. The van der Waals surface area contributed by atoms with Crippen LogP contribution in [-0.2, 0) is 6.42 Å². The number of alkyl halides is 1. The van der Waals surface area contributed by atoms with Crippen LogP contribution in [-0.4, -0.2) is 5.33 Å². The molecule has 0 amide bonds. The number of rotatable bonds is 4. The van der Waals surface area contributed by atoms with Gasteiger partial charge in [0.25, 0.3) is 0 Å². The molecule has 1 unspecified atom stereocenters. The molecule has 1 aromatic carbocycles. The minimum absolute atomic E-state index is 0.138. The minimum atomic E-state index is -0.143. The molecule has 0 radical (unpaired) electrons. The van der Waals surface area contributed by atoms with Crippen molar-refractivity contribution in [1.29, 1.82) is 0 Å². The maximum absolute atomic E-state index is 13.6. The van der Waals surface area contributed by atoms with Crippen LogP contribution in [0.3, 0.4) is 0 Å². The topological polar surface area (TPSA) is 13.1 Å². The van der Waals surface area contributed by atoms with E-state index < -0.39 is 0 Å². The van der Waals surface area contributed by atoms with E-state index in [1.54, 1.807) is 18.6 Å². The van der Waals surface area contributed by atoms with Crippen molar-refractivity contribution in [3.63, 3.8) is 0 Å². The zero-order valence-corrected chi connectivity index (χ0v) is 10.3. The van der Waals surface area contributed by atoms with Crippen molar-refractivity contribution in [3.05, 3.63) is 59.8 Å². The third kappa shape index (κ3) is 2.53. The summed E-state index contributed by atoms with van der Waals surface area (Å²) in [4.78, 5) is 0. The van der Waals surface area contributed by atoms with Crippen LogP contribution in [0.2, 0.25) is 0 Å². The van der Waals surface area contributed by atoms with Gasteiger partial charge in [0, 0.05) is 11.2 Å². The third-order valence-electron chi connectivity index (χ3n) is 2.59. The fraction of sp³-hybridized carbons (Fsp3) is 0.231. The van der Waals surface area contributed by atoms with Crippen molar-refractivity contribution < 1.29 is 8.81 Å². The number of halogens is 2. The van der Waals surface area contributed by atoms with Gasteiger partial charge < -0.3 is 4.42 Å². The van der Waals surface area contributed by atoms with E-state index in [9.17, 15) is 4.39 Å². The molecular formula is C13H12BrFO. The van der Waals surface area contributed by atoms with Gasteiger partial charge in [-0.05, 0) is 29.7 Å². The molecule has 0 spiro atoms. The molecule has 0 bridgehead atoms. The minimum Gasteiger partial charge on any atom is -0.472 e. The average Bonchev–Trinajstić information content (AvgIpc) is 2.80. The van der Waals surface area contributed by atoms with Gasteiger partial charge in [-0.1, -0.05) is 34.1 Å². The lowest BCUT2D eigenvalue weighted by molar-refractivity contribution is 0.559. The molecule has 0 saturated carbocycles. The highest BCUT2D eigenvalue weighted by Gasteiger charge is 2.15. The van der Waals surface area contributed by atoms with Crippen molar-refractivity contribution in [3.8, 4) is 0 Å². The number of benzene rings is 1. The summed E-state index contributed by atoms with van der Waals surface area (Å²) >= 11 is 3.44. The third-order valence-corrected chi connectivity index (χ3v) is 3.38. The second kappa shape index (κ2) is 5.30. The Balaban J connectivity index is 2.20. The maximum Gasteiger partial charge on any atom is 0.126 e. The molecule has 2 aromatic rings. The SMILES string of the molecule is Fc1ccccc1C(CBr)Cc1ccoc1. The van der Waals surface area contributed by atoms with E-state index >= 15 is 0 Å². The normalized spacial score (nSPS) is 12.6. The first-order chi connectivity index (χ1) is 7.81. The van der Waals surface area contributed by atoms with Gasteiger partial charge in [-0.15, -0.1) is 0 Å². The van der Waals surface area contributed by atoms with Gasteiger partial charge in [-0.2, -0.15) is 0 Å². The molecule has 16 heavy (non-hydrogen) atoms. The van der Waals surface area contributed by atoms with Crippen molar-refractivity contribution in [2.24, 2.45) is 0 Å². The smallest absolute Gasteiger partial charge is 0.126 e. The zero-order valence-electron chi connectivity index (χ0n) is 8.70. The lowest BCUT2D eigenvalue weighted by atomic mass is 9.94. The molecule has 84 valence electrons. The van der Waals surface area contributed by atoms with Crippen LogP contribution >= 0.6 is 15.9 Å². The van der Waals surface area contributed by atoms with Gasteiger partial charge in [-0.25, -0.2) is 4.39 Å². The van der Waals surface area contributed by atoms with Crippen molar-refractivity contribution in [1.82, 2.24) is 0 Å². The molecule has 1 nitrogen and oxygen atoms in total. The Morgan fingerprint density at radius 2 is 2.06 bits per heavy atom. The Morgan fingerprint density at radius 3 is 2.69 bits per heavy atom. The summed E-state index contributed by atoms with van der Waals surface area (Å²) in [5, 5.41) is 0.735. The molecule has 1 heterocycles. The number of furan rings is 1. The Morgan fingerprint density at radius 1 is 1.25 bits per heavy atom. The summed E-state index contributed by atoms with van der Waals surface area (Å²) in [5.41, 5.74) is 1.84. The highest BCUT2D eigenvalue weighted by Crippen LogP contribution is 2.25. The fourth-order valence-corrected chi connectivity index (χ4v) is 2.32. The zero-order chi connectivity index (χ0) is 11.4. The maximum atomic E-state index is 13.6. The van der Waals surface area contributed by atoms with Crippen molar-refractivity contribution >= 4 is 15.9 Å². The Kier molecular flexibility index (Phi) is 3.78. The van der Waals surface area contributed by atoms with Gasteiger partial charge in [0.15, 0.2) is 0 Å².